The molecule has 0 atom stereocenters. The van der Waals surface area contributed by atoms with Gasteiger partial charge in [-0.2, -0.15) is 0 Å². The highest BCUT2D eigenvalue weighted by Gasteiger charge is 2.10. The molecule has 2 rings (SSSR count). The normalized spacial score (nSPS) is 11.8. The van der Waals surface area contributed by atoms with Crippen molar-refractivity contribution in [3.8, 4) is 5.69 Å². The molecule has 1 N–H and O–H groups in total. The number of aromatic nitrogens is 2. The molecule has 5 nitrogen and oxygen atoms in total. The molecular weight excluding hydrogens is 324 g/mol. The summed E-state index contributed by atoms with van der Waals surface area (Å²) in [6.45, 7) is 11.6. The zero-order valence-electron chi connectivity index (χ0n) is 16.5. The number of pyridine rings is 2. The maximum Gasteiger partial charge on any atom is 0.257 e. The predicted molar refractivity (Wildman–Crippen MR) is 110 cm³/mol. The highest BCUT2D eigenvalue weighted by atomic mass is 16.1. The SMILES string of the molecule is CCCN(CC)C/C(C)=C/c1c(-n2ccc(NC)cc2=O)ccnc1C. The van der Waals surface area contributed by atoms with E-state index in [0.717, 1.165) is 48.7 Å². The van der Waals surface area contributed by atoms with Crippen LogP contribution >= 0.6 is 0 Å². The van der Waals surface area contributed by atoms with Crippen molar-refractivity contribution in [1.29, 1.82) is 0 Å². The smallest absolute Gasteiger partial charge is 0.257 e. The number of anilines is 1. The summed E-state index contributed by atoms with van der Waals surface area (Å²) in [6.07, 6.45) is 6.87. The minimum absolute atomic E-state index is 0.0593. The molecule has 0 aromatic carbocycles. The molecule has 140 valence electrons. The van der Waals surface area contributed by atoms with Crippen molar-refractivity contribution in [2.24, 2.45) is 0 Å². The molecule has 0 aliphatic carbocycles. The molecule has 2 aromatic heterocycles. The Bertz CT molecular complexity index is 823. The fraction of sp³-hybridized carbons (Fsp3) is 0.429. The zero-order valence-corrected chi connectivity index (χ0v) is 16.5. The van der Waals surface area contributed by atoms with E-state index in [9.17, 15) is 4.79 Å². The summed E-state index contributed by atoms with van der Waals surface area (Å²) in [7, 11) is 1.81. The molecule has 0 radical (unpaired) electrons. The minimum Gasteiger partial charge on any atom is -0.388 e. The second-order valence-electron chi connectivity index (χ2n) is 6.56. The molecule has 0 aliphatic heterocycles. The van der Waals surface area contributed by atoms with E-state index in [4.69, 9.17) is 0 Å². The Kier molecular flexibility index (Phi) is 7.16. The maximum absolute atomic E-state index is 12.5. The third kappa shape index (κ3) is 4.82. The first-order valence-electron chi connectivity index (χ1n) is 9.26. The Labute approximate surface area is 156 Å². The third-order valence-electron chi connectivity index (χ3n) is 4.48. The van der Waals surface area contributed by atoms with E-state index in [1.54, 1.807) is 16.8 Å². The molecule has 0 saturated carbocycles. The van der Waals surface area contributed by atoms with Crippen LogP contribution in [0.15, 0.2) is 41.0 Å². The van der Waals surface area contributed by atoms with Gasteiger partial charge in [-0.25, -0.2) is 0 Å². The van der Waals surface area contributed by atoms with Gasteiger partial charge in [0.2, 0.25) is 0 Å². The highest BCUT2D eigenvalue weighted by Crippen LogP contribution is 2.20. The lowest BCUT2D eigenvalue weighted by atomic mass is 10.1. The summed E-state index contributed by atoms with van der Waals surface area (Å²) in [5.41, 5.74) is 4.79. The van der Waals surface area contributed by atoms with Gasteiger partial charge in [0.1, 0.15) is 0 Å². The van der Waals surface area contributed by atoms with E-state index < -0.39 is 0 Å². The number of hydrogen-bond donors (Lipinski definition) is 1. The molecule has 0 unspecified atom stereocenters. The molecule has 5 heteroatoms. The summed E-state index contributed by atoms with van der Waals surface area (Å²) in [4.78, 5) is 19.4. The van der Waals surface area contributed by atoms with Gasteiger partial charge < -0.3 is 5.32 Å². The molecule has 2 aromatic rings. The summed E-state index contributed by atoms with van der Waals surface area (Å²) >= 11 is 0. The van der Waals surface area contributed by atoms with E-state index >= 15 is 0 Å². The number of hydrogen-bond acceptors (Lipinski definition) is 4. The number of rotatable bonds is 8. The van der Waals surface area contributed by atoms with E-state index in [1.165, 1.54) is 5.57 Å². The Hall–Kier alpha value is -2.40. The topological polar surface area (TPSA) is 50.2 Å². The first-order valence-corrected chi connectivity index (χ1v) is 9.26. The summed E-state index contributed by atoms with van der Waals surface area (Å²) < 4.78 is 1.68. The van der Waals surface area contributed by atoms with Gasteiger partial charge in [0.25, 0.3) is 5.56 Å². The van der Waals surface area contributed by atoms with Gasteiger partial charge in [-0.15, -0.1) is 0 Å². The number of likely N-dealkylation sites (N-methyl/N-ethyl adjacent to an activating group) is 1. The van der Waals surface area contributed by atoms with Gasteiger partial charge in [0, 0.05) is 49.0 Å². The van der Waals surface area contributed by atoms with Crippen LogP contribution in [0.25, 0.3) is 11.8 Å². The summed E-state index contributed by atoms with van der Waals surface area (Å²) in [6, 6.07) is 5.41. The zero-order chi connectivity index (χ0) is 19.1. The van der Waals surface area contributed by atoms with Crippen LogP contribution in [-0.2, 0) is 0 Å². The van der Waals surface area contributed by atoms with Crippen LogP contribution in [0, 0.1) is 6.92 Å². The molecule has 0 saturated heterocycles. The molecule has 0 amide bonds. The molecule has 2 heterocycles. The molecule has 0 aliphatic rings. The van der Waals surface area contributed by atoms with Crippen LogP contribution in [0.3, 0.4) is 0 Å². The first-order chi connectivity index (χ1) is 12.5. The highest BCUT2D eigenvalue weighted by molar-refractivity contribution is 5.64. The molecular formula is C21H30N4O. The lowest BCUT2D eigenvalue weighted by Crippen LogP contribution is -2.26. The van der Waals surface area contributed by atoms with E-state index in [1.807, 2.05) is 32.3 Å². The van der Waals surface area contributed by atoms with Crippen molar-refractivity contribution < 1.29 is 0 Å². The lowest BCUT2D eigenvalue weighted by Gasteiger charge is -2.20. The van der Waals surface area contributed by atoms with E-state index in [0.29, 0.717) is 0 Å². The minimum atomic E-state index is -0.0593. The van der Waals surface area contributed by atoms with Crippen molar-refractivity contribution in [3.05, 3.63) is 57.8 Å². The Morgan fingerprint density at radius 3 is 2.73 bits per heavy atom. The maximum atomic E-state index is 12.5. The fourth-order valence-electron chi connectivity index (χ4n) is 3.10. The van der Waals surface area contributed by atoms with E-state index in [2.05, 4.69) is 42.0 Å². The average molecular weight is 354 g/mol. The van der Waals surface area contributed by atoms with Crippen LogP contribution in [0.2, 0.25) is 0 Å². The van der Waals surface area contributed by atoms with Crippen LogP contribution in [-0.4, -0.2) is 41.1 Å². The molecule has 0 bridgehead atoms. The van der Waals surface area contributed by atoms with Crippen LogP contribution in [0.5, 0.6) is 0 Å². The van der Waals surface area contributed by atoms with Gasteiger partial charge in [0.05, 0.1) is 5.69 Å². The number of nitrogens with one attached hydrogen (secondary N) is 1. The van der Waals surface area contributed by atoms with Gasteiger partial charge in [0.15, 0.2) is 0 Å². The number of nitrogens with zero attached hydrogens (tertiary/aromatic N) is 3. The second-order valence-corrected chi connectivity index (χ2v) is 6.56. The van der Waals surface area contributed by atoms with Gasteiger partial charge in [-0.3, -0.25) is 19.2 Å². The average Bonchev–Trinajstić information content (AvgIpc) is 2.63. The van der Waals surface area contributed by atoms with Crippen molar-refractivity contribution >= 4 is 11.8 Å². The number of aryl methyl sites for hydroxylation is 1. The predicted octanol–water partition coefficient (Wildman–Crippen LogP) is 3.72. The van der Waals surface area contributed by atoms with Crippen molar-refractivity contribution in [2.45, 2.75) is 34.1 Å². The molecule has 0 spiro atoms. The fourth-order valence-corrected chi connectivity index (χ4v) is 3.10. The largest absolute Gasteiger partial charge is 0.388 e. The molecule has 26 heavy (non-hydrogen) atoms. The Morgan fingerprint density at radius 1 is 1.35 bits per heavy atom. The first kappa shape index (κ1) is 19.9. The van der Waals surface area contributed by atoms with Gasteiger partial charge >= 0.3 is 0 Å². The quantitative estimate of drug-likeness (QED) is 0.785. The van der Waals surface area contributed by atoms with Crippen LogP contribution < -0.4 is 10.9 Å². The summed E-state index contributed by atoms with van der Waals surface area (Å²) in [5.74, 6) is 0. The Morgan fingerprint density at radius 2 is 2.12 bits per heavy atom. The van der Waals surface area contributed by atoms with Crippen LogP contribution in [0.1, 0.15) is 38.4 Å². The second kappa shape index (κ2) is 9.34. The van der Waals surface area contributed by atoms with Crippen LogP contribution in [0.4, 0.5) is 5.69 Å². The standard InChI is InChI=1S/C21H30N4O/c1-6-11-24(7-2)15-16(3)13-19-17(4)23-10-8-20(19)25-12-9-18(22-5)14-21(25)26/h8-10,12-14,22H,6-7,11,15H2,1-5H3/b16-13+. The third-order valence-corrected chi connectivity index (χ3v) is 4.48. The summed E-state index contributed by atoms with van der Waals surface area (Å²) in [5, 5.41) is 3.00. The molecule has 0 fully saturated rings. The Balaban J connectivity index is 2.44. The van der Waals surface area contributed by atoms with Gasteiger partial charge in [-0.1, -0.05) is 25.5 Å². The van der Waals surface area contributed by atoms with Gasteiger partial charge in [-0.05, 0) is 45.5 Å². The van der Waals surface area contributed by atoms with Crippen molar-refractivity contribution in [1.82, 2.24) is 14.5 Å². The van der Waals surface area contributed by atoms with E-state index in [-0.39, 0.29) is 5.56 Å². The van der Waals surface area contributed by atoms with Crippen molar-refractivity contribution in [2.75, 3.05) is 32.0 Å². The van der Waals surface area contributed by atoms with Crippen molar-refractivity contribution in [3.63, 3.8) is 0 Å². The lowest BCUT2D eigenvalue weighted by molar-refractivity contribution is 0.313. The monoisotopic (exact) mass is 354 g/mol.